The third kappa shape index (κ3) is 4.79. The molecular formula is C22H20O7. The second kappa shape index (κ2) is 8.15. The summed E-state index contributed by atoms with van der Waals surface area (Å²) in [6.45, 7) is 3.15. The molecule has 1 heterocycles. The average Bonchev–Trinajstić information content (AvgIpc) is 2.70. The minimum Gasteiger partial charge on any atom is -0.495 e. The van der Waals surface area contributed by atoms with E-state index in [4.69, 9.17) is 18.9 Å². The molecule has 150 valence electrons. The summed E-state index contributed by atoms with van der Waals surface area (Å²) in [5, 5.41) is 0. The fourth-order valence-electron chi connectivity index (χ4n) is 2.61. The van der Waals surface area contributed by atoms with Gasteiger partial charge in [-0.2, -0.15) is 0 Å². The van der Waals surface area contributed by atoms with E-state index in [2.05, 4.69) is 16.6 Å². The third-order valence-corrected chi connectivity index (χ3v) is 4.00. The Hall–Kier alpha value is -3.66. The maximum absolute atomic E-state index is 12.3. The third-order valence-electron chi connectivity index (χ3n) is 4.00. The van der Waals surface area contributed by atoms with Crippen molar-refractivity contribution in [1.29, 1.82) is 0 Å². The van der Waals surface area contributed by atoms with Gasteiger partial charge >= 0.3 is 11.9 Å². The first-order chi connectivity index (χ1) is 13.8. The first-order valence-electron chi connectivity index (χ1n) is 8.77. The van der Waals surface area contributed by atoms with Crippen LogP contribution in [-0.2, 0) is 14.3 Å². The summed E-state index contributed by atoms with van der Waals surface area (Å²) in [4.78, 5) is 23.4. The Kier molecular flexibility index (Phi) is 5.64. The Bertz CT molecular complexity index is 994. The predicted molar refractivity (Wildman–Crippen MR) is 103 cm³/mol. The molecule has 0 saturated carbocycles. The van der Waals surface area contributed by atoms with Crippen molar-refractivity contribution < 1.29 is 33.3 Å². The number of hydrogen-bond acceptors (Lipinski definition) is 7. The fourth-order valence-corrected chi connectivity index (χ4v) is 2.61. The van der Waals surface area contributed by atoms with Crippen LogP contribution >= 0.6 is 0 Å². The van der Waals surface area contributed by atoms with E-state index in [0.717, 1.165) is 5.56 Å². The lowest BCUT2D eigenvalue weighted by Crippen LogP contribution is -2.38. The smallest absolute Gasteiger partial charge is 0.345 e. The minimum atomic E-state index is -1.04. The molecule has 3 rings (SSSR count). The molecule has 7 nitrogen and oxygen atoms in total. The minimum absolute atomic E-state index is 0.164. The highest BCUT2D eigenvalue weighted by molar-refractivity contribution is 5.94. The molecule has 0 aliphatic carbocycles. The number of hydrogen-bond donors (Lipinski definition) is 0. The normalized spacial score (nSPS) is 13.7. The lowest BCUT2D eigenvalue weighted by Gasteiger charge is -2.31. The van der Waals surface area contributed by atoms with Crippen molar-refractivity contribution >= 4 is 11.9 Å². The largest absolute Gasteiger partial charge is 0.495 e. The molecule has 0 spiro atoms. The summed E-state index contributed by atoms with van der Waals surface area (Å²) in [5.41, 5.74) is 1.54. The number of benzene rings is 2. The maximum Gasteiger partial charge on any atom is 0.345 e. The summed E-state index contributed by atoms with van der Waals surface area (Å²) >= 11 is 0. The Balaban J connectivity index is 1.82. The van der Waals surface area contributed by atoms with Gasteiger partial charge in [-0.1, -0.05) is 11.8 Å². The van der Waals surface area contributed by atoms with Crippen LogP contribution in [-0.4, -0.2) is 38.6 Å². The zero-order valence-corrected chi connectivity index (χ0v) is 16.5. The van der Waals surface area contributed by atoms with Crippen LogP contribution in [0.3, 0.4) is 0 Å². The number of cyclic esters (lactones) is 1. The average molecular weight is 396 g/mol. The number of esters is 2. The molecular weight excluding hydrogens is 376 g/mol. The summed E-state index contributed by atoms with van der Waals surface area (Å²) in [6, 6.07) is 10.1. The molecule has 0 bridgehead atoms. The van der Waals surface area contributed by atoms with Crippen molar-refractivity contribution in [2.24, 2.45) is 0 Å². The molecule has 0 radical (unpaired) electrons. The monoisotopic (exact) mass is 396 g/mol. The molecule has 29 heavy (non-hydrogen) atoms. The molecule has 0 fully saturated rings. The van der Waals surface area contributed by atoms with Crippen molar-refractivity contribution in [2.75, 3.05) is 20.8 Å². The Morgan fingerprint density at radius 1 is 1.07 bits per heavy atom. The summed E-state index contributed by atoms with van der Waals surface area (Å²) in [7, 11) is 2.82. The van der Waals surface area contributed by atoms with Crippen LogP contribution in [0.1, 0.15) is 35.3 Å². The molecule has 0 saturated heterocycles. The van der Waals surface area contributed by atoms with Gasteiger partial charge in [0.2, 0.25) is 5.79 Å². The van der Waals surface area contributed by atoms with Crippen molar-refractivity contribution in [3.63, 3.8) is 0 Å². The van der Waals surface area contributed by atoms with Gasteiger partial charge in [0, 0.05) is 25.5 Å². The molecule has 2 aromatic carbocycles. The van der Waals surface area contributed by atoms with Gasteiger partial charge in [0.25, 0.3) is 0 Å². The number of ether oxygens (including phenoxy) is 5. The predicted octanol–water partition coefficient (Wildman–Crippen LogP) is 2.93. The molecule has 0 unspecified atom stereocenters. The lowest BCUT2D eigenvalue weighted by molar-refractivity contribution is -0.142. The van der Waals surface area contributed by atoms with E-state index >= 15 is 0 Å². The van der Waals surface area contributed by atoms with Crippen LogP contribution in [0.15, 0.2) is 36.4 Å². The number of fused-ring (bicyclic) bond motifs is 1. The van der Waals surface area contributed by atoms with Crippen LogP contribution in [0.25, 0.3) is 0 Å². The quantitative estimate of drug-likeness (QED) is 0.581. The maximum atomic E-state index is 12.3. The van der Waals surface area contributed by atoms with Crippen LogP contribution < -0.4 is 14.2 Å². The van der Waals surface area contributed by atoms with E-state index in [-0.39, 0.29) is 6.61 Å². The van der Waals surface area contributed by atoms with Gasteiger partial charge in [0.05, 0.1) is 19.8 Å². The molecule has 1 aliphatic rings. The van der Waals surface area contributed by atoms with Crippen LogP contribution in [0.2, 0.25) is 0 Å². The molecule has 2 aromatic rings. The summed E-state index contributed by atoms with van der Waals surface area (Å²) in [5.74, 6) is 5.42. The number of methoxy groups -OCH3 is 2. The Labute approximate surface area is 168 Å². The SMILES string of the molecule is COC(=O)COc1ccc(C#Cc2cc3c(cc2OC)OC(C)(C)OC3=O)cc1. The molecule has 1 aliphatic heterocycles. The molecule has 0 N–H and O–H groups in total. The zero-order chi connectivity index (χ0) is 21.0. The zero-order valence-electron chi connectivity index (χ0n) is 16.5. The Morgan fingerprint density at radius 2 is 1.79 bits per heavy atom. The van der Waals surface area contributed by atoms with E-state index < -0.39 is 17.7 Å². The topological polar surface area (TPSA) is 80.3 Å². The molecule has 0 amide bonds. The van der Waals surface area contributed by atoms with Crippen LogP contribution in [0, 0.1) is 11.8 Å². The Morgan fingerprint density at radius 3 is 2.45 bits per heavy atom. The highest BCUT2D eigenvalue weighted by atomic mass is 16.7. The van der Waals surface area contributed by atoms with Gasteiger partial charge in [0.1, 0.15) is 22.8 Å². The van der Waals surface area contributed by atoms with Crippen molar-refractivity contribution in [2.45, 2.75) is 19.6 Å². The standard InChI is InChI=1S/C22H20O7/c1-22(2)28-19-12-18(25-3)15(11-17(19)21(24)29-22)8-5-14-6-9-16(10-7-14)27-13-20(23)26-4/h6-7,9-12H,13H2,1-4H3. The van der Waals surface area contributed by atoms with Crippen molar-refractivity contribution in [3.05, 3.63) is 53.1 Å². The van der Waals surface area contributed by atoms with E-state index in [0.29, 0.717) is 28.4 Å². The number of carbonyl (C=O) groups excluding carboxylic acids is 2. The number of rotatable bonds is 4. The highest BCUT2D eigenvalue weighted by Gasteiger charge is 2.34. The van der Waals surface area contributed by atoms with E-state index in [9.17, 15) is 9.59 Å². The van der Waals surface area contributed by atoms with E-state index in [1.165, 1.54) is 14.2 Å². The van der Waals surface area contributed by atoms with Crippen molar-refractivity contribution in [3.8, 4) is 29.1 Å². The van der Waals surface area contributed by atoms with Crippen LogP contribution in [0.5, 0.6) is 17.2 Å². The van der Waals surface area contributed by atoms with Gasteiger partial charge in [-0.3, -0.25) is 0 Å². The molecule has 0 aromatic heterocycles. The lowest BCUT2D eigenvalue weighted by atomic mass is 10.1. The van der Waals surface area contributed by atoms with Gasteiger partial charge in [0.15, 0.2) is 6.61 Å². The second-order valence-corrected chi connectivity index (χ2v) is 6.58. The van der Waals surface area contributed by atoms with Gasteiger partial charge in [-0.15, -0.1) is 0 Å². The summed E-state index contributed by atoms with van der Waals surface area (Å²) in [6.07, 6.45) is 0. The first kappa shape index (κ1) is 20.1. The van der Waals surface area contributed by atoms with Gasteiger partial charge in [-0.05, 0) is 30.3 Å². The highest BCUT2D eigenvalue weighted by Crippen LogP contribution is 2.36. The van der Waals surface area contributed by atoms with Crippen molar-refractivity contribution in [1.82, 2.24) is 0 Å². The summed E-state index contributed by atoms with van der Waals surface area (Å²) < 4.78 is 26.2. The fraction of sp³-hybridized carbons (Fsp3) is 0.273. The number of carbonyl (C=O) groups is 2. The first-order valence-corrected chi connectivity index (χ1v) is 8.77. The van der Waals surface area contributed by atoms with Gasteiger partial charge in [-0.25, -0.2) is 9.59 Å². The second-order valence-electron chi connectivity index (χ2n) is 6.58. The van der Waals surface area contributed by atoms with E-state index in [1.807, 2.05) is 0 Å². The molecule has 0 atom stereocenters. The van der Waals surface area contributed by atoms with Crippen LogP contribution in [0.4, 0.5) is 0 Å². The van der Waals surface area contributed by atoms with E-state index in [1.54, 1.807) is 50.2 Å². The molecule has 7 heteroatoms. The van der Waals surface area contributed by atoms with Gasteiger partial charge < -0.3 is 23.7 Å².